The molecule has 1 saturated heterocycles. The minimum Gasteiger partial charge on any atom is -0.508 e. The van der Waals surface area contributed by atoms with Crippen molar-refractivity contribution >= 4 is 36.8 Å². The number of carbonyl (C=O) groups excluding carboxylic acids is 5. The number of hydrogen-bond donors (Lipinski definition) is 4. The second-order valence-electron chi connectivity index (χ2n) is 10.7. The highest BCUT2D eigenvalue weighted by Gasteiger charge is 2.55. The standard InChI is InChI=1S/C29H37BN4O9/c1-17(2)14-22(30-42-24(37)16-29(43-30,28(40)41-5)15-23(36)31-4)33-27(39)25(18(3)35)34-26(38)21-13-9-12-20(32-21)19-10-7-6-8-11-19/h6-13,17-18,22,25,35H,14-16H2,1-5H3,(H,31,36)(H,33,39)(H,34,38)/t18-,22+,25+,29+/m1/s1. The third kappa shape index (κ3) is 8.61. The van der Waals surface area contributed by atoms with Crippen LogP contribution < -0.4 is 16.0 Å². The van der Waals surface area contributed by atoms with Crippen LogP contribution in [0.15, 0.2) is 48.5 Å². The molecule has 0 saturated carbocycles. The topological polar surface area (TPSA) is 182 Å². The van der Waals surface area contributed by atoms with E-state index >= 15 is 0 Å². The molecule has 1 aliphatic heterocycles. The molecule has 3 rings (SSSR count). The maximum atomic E-state index is 13.5. The van der Waals surface area contributed by atoms with Crippen molar-refractivity contribution in [3.8, 4) is 11.3 Å². The first-order valence-electron chi connectivity index (χ1n) is 13.9. The number of aliphatic hydroxyl groups excluding tert-OH is 1. The quantitative estimate of drug-likeness (QED) is 0.202. The number of aliphatic hydroxyl groups is 1. The lowest BCUT2D eigenvalue weighted by Crippen LogP contribution is -2.64. The highest BCUT2D eigenvalue weighted by atomic mass is 16.7. The number of benzene rings is 1. The number of nitrogens with one attached hydrogen (secondary N) is 3. The summed E-state index contributed by atoms with van der Waals surface area (Å²) in [5, 5.41) is 18.1. The molecule has 4 atom stereocenters. The van der Waals surface area contributed by atoms with Gasteiger partial charge in [-0.1, -0.05) is 50.2 Å². The van der Waals surface area contributed by atoms with Crippen molar-refractivity contribution in [2.75, 3.05) is 14.2 Å². The van der Waals surface area contributed by atoms with Crippen LogP contribution in [0.2, 0.25) is 0 Å². The lowest BCUT2D eigenvalue weighted by atomic mass is 9.70. The second-order valence-corrected chi connectivity index (χ2v) is 10.7. The van der Waals surface area contributed by atoms with Gasteiger partial charge in [0.05, 0.1) is 37.7 Å². The molecule has 0 aliphatic carbocycles. The Bertz CT molecular complexity index is 1320. The van der Waals surface area contributed by atoms with Gasteiger partial charge in [0.15, 0.2) is 5.60 Å². The first-order chi connectivity index (χ1) is 20.4. The summed E-state index contributed by atoms with van der Waals surface area (Å²) in [5.74, 6) is -4.95. The van der Waals surface area contributed by atoms with Crippen molar-refractivity contribution in [3.05, 3.63) is 54.2 Å². The van der Waals surface area contributed by atoms with Crippen LogP contribution >= 0.6 is 0 Å². The molecular weight excluding hydrogens is 559 g/mol. The number of amides is 3. The zero-order valence-corrected chi connectivity index (χ0v) is 24.8. The molecule has 0 bridgehead atoms. The number of aromatic nitrogens is 1. The fourth-order valence-corrected chi connectivity index (χ4v) is 4.66. The van der Waals surface area contributed by atoms with Gasteiger partial charge in [-0.25, -0.2) is 9.78 Å². The van der Waals surface area contributed by atoms with Crippen LogP contribution in [0.25, 0.3) is 11.3 Å². The Labute approximate surface area is 250 Å². The van der Waals surface area contributed by atoms with E-state index in [1.54, 1.807) is 12.1 Å². The van der Waals surface area contributed by atoms with E-state index in [-0.39, 0.29) is 18.0 Å². The largest absolute Gasteiger partial charge is 0.552 e. The predicted octanol–water partition coefficient (Wildman–Crippen LogP) is 0.798. The maximum Gasteiger partial charge on any atom is 0.552 e. The van der Waals surface area contributed by atoms with E-state index in [1.807, 2.05) is 44.2 Å². The summed E-state index contributed by atoms with van der Waals surface area (Å²) in [4.78, 5) is 68.7. The fourth-order valence-electron chi connectivity index (χ4n) is 4.66. The van der Waals surface area contributed by atoms with Gasteiger partial charge < -0.3 is 35.1 Å². The molecule has 230 valence electrons. The third-order valence-corrected chi connectivity index (χ3v) is 6.79. The van der Waals surface area contributed by atoms with E-state index in [0.29, 0.717) is 5.69 Å². The molecule has 1 aromatic carbocycles. The molecule has 4 N–H and O–H groups in total. The van der Waals surface area contributed by atoms with E-state index in [0.717, 1.165) is 12.7 Å². The molecule has 0 spiro atoms. The van der Waals surface area contributed by atoms with Gasteiger partial charge in [0, 0.05) is 12.6 Å². The Morgan fingerprint density at radius 1 is 1.07 bits per heavy atom. The van der Waals surface area contributed by atoms with Crippen LogP contribution in [-0.2, 0) is 33.2 Å². The average molecular weight is 596 g/mol. The number of methoxy groups -OCH3 is 1. The van der Waals surface area contributed by atoms with Crippen molar-refractivity contribution in [1.29, 1.82) is 0 Å². The molecule has 0 radical (unpaired) electrons. The number of carbonyl (C=O) groups is 5. The van der Waals surface area contributed by atoms with Crippen molar-refractivity contribution in [1.82, 2.24) is 20.9 Å². The van der Waals surface area contributed by atoms with Gasteiger partial charge in [-0.15, -0.1) is 0 Å². The molecule has 1 fully saturated rings. The van der Waals surface area contributed by atoms with Crippen LogP contribution in [-0.4, -0.2) is 84.7 Å². The summed E-state index contributed by atoms with van der Waals surface area (Å²) in [6.07, 6.45) is -2.22. The molecule has 1 aliphatic rings. The normalized spacial score (nSPS) is 18.6. The number of esters is 1. The van der Waals surface area contributed by atoms with E-state index in [4.69, 9.17) is 14.0 Å². The lowest BCUT2D eigenvalue weighted by molar-refractivity contribution is -0.175. The molecule has 2 heterocycles. The summed E-state index contributed by atoms with van der Waals surface area (Å²) >= 11 is 0. The van der Waals surface area contributed by atoms with Gasteiger partial charge >= 0.3 is 13.1 Å². The van der Waals surface area contributed by atoms with Crippen molar-refractivity contribution in [2.24, 2.45) is 5.92 Å². The van der Waals surface area contributed by atoms with Crippen molar-refractivity contribution < 1.29 is 43.1 Å². The van der Waals surface area contributed by atoms with Crippen molar-refractivity contribution in [3.63, 3.8) is 0 Å². The molecule has 0 unspecified atom stereocenters. The first kappa shape index (κ1) is 33.2. The number of ether oxygens (including phenoxy) is 1. The third-order valence-electron chi connectivity index (χ3n) is 6.79. The zero-order chi connectivity index (χ0) is 31.7. The molecule has 1 aromatic heterocycles. The fraction of sp³-hybridized carbons (Fsp3) is 0.448. The van der Waals surface area contributed by atoms with E-state index in [1.165, 1.54) is 20.0 Å². The smallest absolute Gasteiger partial charge is 0.508 e. The monoisotopic (exact) mass is 596 g/mol. The molecule has 43 heavy (non-hydrogen) atoms. The minimum atomic E-state index is -1.98. The highest BCUT2D eigenvalue weighted by molar-refractivity contribution is 6.50. The Morgan fingerprint density at radius 3 is 2.37 bits per heavy atom. The average Bonchev–Trinajstić information content (AvgIpc) is 2.98. The molecule has 3 amide bonds. The van der Waals surface area contributed by atoms with Crippen LogP contribution in [0.1, 0.15) is 50.5 Å². The maximum absolute atomic E-state index is 13.5. The van der Waals surface area contributed by atoms with Gasteiger partial charge in [-0.05, 0) is 31.4 Å². The number of nitrogens with zero attached hydrogens (tertiary/aromatic N) is 1. The van der Waals surface area contributed by atoms with Gasteiger partial charge in [0.25, 0.3) is 11.9 Å². The Morgan fingerprint density at radius 2 is 1.77 bits per heavy atom. The molecule has 13 nitrogen and oxygen atoms in total. The number of rotatable bonds is 12. The Hall–Kier alpha value is -4.30. The molecule has 14 heteroatoms. The summed E-state index contributed by atoms with van der Waals surface area (Å²) in [6.45, 7) is 5.03. The van der Waals surface area contributed by atoms with Crippen LogP contribution in [0.3, 0.4) is 0 Å². The summed E-state index contributed by atoms with van der Waals surface area (Å²) in [7, 11) is 0.983. The SMILES string of the molecule is CNC(=O)C[C@@]1(C(=O)OC)CC(=O)OB([C@H](CC(C)C)NC(=O)[C@@H](NC(=O)c2cccc(-c3ccccc3)n2)[C@@H](C)O)O1. The van der Waals surface area contributed by atoms with Gasteiger partial charge in [0.1, 0.15) is 11.7 Å². The van der Waals surface area contributed by atoms with Crippen LogP contribution in [0.4, 0.5) is 0 Å². The number of hydrogen-bond acceptors (Lipinski definition) is 10. The minimum absolute atomic E-state index is 0.0279. The van der Waals surface area contributed by atoms with Gasteiger partial charge in [0.2, 0.25) is 11.8 Å². The highest BCUT2D eigenvalue weighted by Crippen LogP contribution is 2.31. The van der Waals surface area contributed by atoms with E-state index < -0.39 is 73.3 Å². The van der Waals surface area contributed by atoms with E-state index in [2.05, 4.69) is 20.9 Å². The molecule has 2 aromatic rings. The first-order valence-corrected chi connectivity index (χ1v) is 13.9. The predicted molar refractivity (Wildman–Crippen MR) is 155 cm³/mol. The molecular formula is C29H37BN4O9. The summed E-state index contributed by atoms with van der Waals surface area (Å²) < 4.78 is 16.2. The van der Waals surface area contributed by atoms with Gasteiger partial charge in [-0.3, -0.25) is 19.2 Å². The zero-order valence-electron chi connectivity index (χ0n) is 24.8. The van der Waals surface area contributed by atoms with Crippen molar-refractivity contribution in [2.45, 2.75) is 63.7 Å². The lowest BCUT2D eigenvalue weighted by Gasteiger charge is -2.39. The Balaban J connectivity index is 1.83. The van der Waals surface area contributed by atoms with Gasteiger partial charge in [-0.2, -0.15) is 0 Å². The number of pyridine rings is 1. The second kappa shape index (κ2) is 14.7. The summed E-state index contributed by atoms with van der Waals surface area (Å²) in [5.41, 5.74) is -0.618. The Kier molecular flexibility index (Phi) is 11.4. The summed E-state index contributed by atoms with van der Waals surface area (Å²) in [6, 6.07) is 12.7. The van der Waals surface area contributed by atoms with Crippen LogP contribution in [0.5, 0.6) is 0 Å². The van der Waals surface area contributed by atoms with Crippen LogP contribution in [0, 0.1) is 5.92 Å². The van der Waals surface area contributed by atoms with E-state index in [9.17, 15) is 29.1 Å².